The zero-order chi connectivity index (χ0) is 20.1. The highest BCUT2D eigenvalue weighted by molar-refractivity contribution is 5.46. The van der Waals surface area contributed by atoms with Crippen LogP contribution in [0.5, 0.6) is 5.75 Å². The van der Waals surface area contributed by atoms with Gasteiger partial charge in [-0.25, -0.2) is 4.68 Å². The molecule has 1 saturated heterocycles. The molecule has 0 saturated carbocycles. The highest BCUT2D eigenvalue weighted by Crippen LogP contribution is 2.25. The van der Waals surface area contributed by atoms with E-state index in [1.165, 1.54) is 5.69 Å². The van der Waals surface area contributed by atoms with E-state index in [1.54, 1.807) is 7.11 Å². The van der Waals surface area contributed by atoms with Gasteiger partial charge in [-0.15, -0.1) is 5.10 Å². The Bertz CT molecular complexity index is 887. The molecule has 1 atom stereocenters. The molecule has 3 aromatic rings. The van der Waals surface area contributed by atoms with Gasteiger partial charge in [0.2, 0.25) is 0 Å². The van der Waals surface area contributed by atoms with Gasteiger partial charge in [0, 0.05) is 31.9 Å². The maximum absolute atomic E-state index is 5.25. The number of hydrogen-bond donors (Lipinski definition) is 0. The van der Waals surface area contributed by atoms with E-state index < -0.39 is 0 Å². The van der Waals surface area contributed by atoms with E-state index in [1.807, 2.05) is 16.8 Å². The van der Waals surface area contributed by atoms with Crippen LogP contribution < -0.4 is 9.64 Å². The highest BCUT2D eigenvalue weighted by Gasteiger charge is 2.28. The minimum atomic E-state index is 0.223. The minimum Gasteiger partial charge on any atom is -0.497 e. The Morgan fingerprint density at radius 3 is 2.34 bits per heavy atom. The number of anilines is 1. The van der Waals surface area contributed by atoms with Crippen LogP contribution in [-0.2, 0) is 6.54 Å². The van der Waals surface area contributed by atoms with E-state index in [0.717, 1.165) is 49.7 Å². The lowest BCUT2D eigenvalue weighted by molar-refractivity contribution is 0.169. The number of benzene rings is 2. The highest BCUT2D eigenvalue weighted by atomic mass is 16.5. The minimum absolute atomic E-state index is 0.223. The van der Waals surface area contributed by atoms with Crippen molar-refractivity contribution in [1.82, 2.24) is 25.1 Å². The second-order valence-corrected chi connectivity index (χ2v) is 7.33. The second-order valence-electron chi connectivity index (χ2n) is 7.33. The summed E-state index contributed by atoms with van der Waals surface area (Å²) >= 11 is 0. The number of ether oxygens (including phenoxy) is 1. The summed E-state index contributed by atoms with van der Waals surface area (Å²) in [5.74, 6) is 1.80. The molecule has 2 heterocycles. The summed E-state index contributed by atoms with van der Waals surface area (Å²) in [4.78, 5) is 4.96. The molecule has 1 unspecified atom stereocenters. The number of tetrazole rings is 1. The Labute approximate surface area is 171 Å². The summed E-state index contributed by atoms with van der Waals surface area (Å²) in [7, 11) is 1.68. The van der Waals surface area contributed by atoms with Crippen molar-refractivity contribution in [2.45, 2.75) is 25.9 Å². The number of methoxy groups -OCH3 is 1. The number of para-hydroxylation sites is 1. The second kappa shape index (κ2) is 9.05. The predicted octanol–water partition coefficient (Wildman–Crippen LogP) is 3.00. The van der Waals surface area contributed by atoms with Gasteiger partial charge in [-0.3, -0.25) is 4.90 Å². The van der Waals surface area contributed by atoms with Gasteiger partial charge >= 0.3 is 0 Å². The van der Waals surface area contributed by atoms with Crippen molar-refractivity contribution in [1.29, 1.82) is 0 Å². The van der Waals surface area contributed by atoms with Crippen molar-refractivity contribution in [3.8, 4) is 5.75 Å². The normalized spacial score (nSPS) is 16.0. The Hall–Kier alpha value is -2.93. The molecule has 2 aromatic carbocycles. The number of aromatic nitrogens is 4. The fourth-order valence-corrected chi connectivity index (χ4v) is 4.00. The van der Waals surface area contributed by atoms with Crippen LogP contribution in [0.2, 0.25) is 0 Å². The molecular formula is C22H28N6O. The molecule has 29 heavy (non-hydrogen) atoms. The molecule has 0 bridgehead atoms. The summed E-state index contributed by atoms with van der Waals surface area (Å²) < 4.78 is 7.18. The first-order chi connectivity index (χ1) is 14.3. The molecule has 7 nitrogen and oxygen atoms in total. The Kier molecular flexibility index (Phi) is 6.05. The molecule has 4 rings (SSSR count). The molecule has 0 spiro atoms. The smallest absolute Gasteiger partial charge is 0.168 e. The maximum Gasteiger partial charge on any atom is 0.168 e. The quantitative estimate of drug-likeness (QED) is 0.616. The largest absolute Gasteiger partial charge is 0.497 e. The molecule has 0 aliphatic carbocycles. The van der Waals surface area contributed by atoms with Gasteiger partial charge in [-0.1, -0.05) is 37.3 Å². The zero-order valence-electron chi connectivity index (χ0n) is 17.1. The first-order valence-electron chi connectivity index (χ1n) is 10.2. The lowest BCUT2D eigenvalue weighted by atomic mass is 10.1. The Morgan fingerprint density at radius 1 is 0.966 bits per heavy atom. The zero-order valence-corrected chi connectivity index (χ0v) is 17.1. The van der Waals surface area contributed by atoms with Crippen molar-refractivity contribution in [2.24, 2.45) is 0 Å². The molecule has 1 fully saturated rings. The molecule has 1 aliphatic heterocycles. The molecule has 0 N–H and O–H groups in total. The summed E-state index contributed by atoms with van der Waals surface area (Å²) in [5.41, 5.74) is 2.45. The van der Waals surface area contributed by atoms with Crippen molar-refractivity contribution in [2.75, 3.05) is 38.2 Å². The fraction of sp³-hybridized carbons (Fsp3) is 0.409. The van der Waals surface area contributed by atoms with Crippen molar-refractivity contribution >= 4 is 5.69 Å². The summed E-state index contributed by atoms with van der Waals surface area (Å²) in [6.07, 6.45) is 0.980. The molecular weight excluding hydrogens is 364 g/mol. The summed E-state index contributed by atoms with van der Waals surface area (Å²) in [6, 6.07) is 18.9. The van der Waals surface area contributed by atoms with E-state index in [9.17, 15) is 0 Å². The van der Waals surface area contributed by atoms with E-state index >= 15 is 0 Å². The lowest BCUT2D eigenvalue weighted by Gasteiger charge is -2.39. The van der Waals surface area contributed by atoms with Crippen LogP contribution in [0.25, 0.3) is 0 Å². The van der Waals surface area contributed by atoms with Crippen molar-refractivity contribution < 1.29 is 4.74 Å². The molecule has 1 aromatic heterocycles. The summed E-state index contributed by atoms with van der Waals surface area (Å²) in [5, 5.41) is 12.6. The van der Waals surface area contributed by atoms with Gasteiger partial charge in [0.1, 0.15) is 5.75 Å². The third-order valence-electron chi connectivity index (χ3n) is 5.61. The van der Waals surface area contributed by atoms with E-state index in [2.05, 4.69) is 74.7 Å². The van der Waals surface area contributed by atoms with E-state index in [0.29, 0.717) is 6.54 Å². The standard InChI is InChI=1S/C22H28N6O/c1-3-21(27-15-13-26(14-16-27)19-7-5-4-6-8-19)22-23-24-25-28(22)17-18-9-11-20(29-2)12-10-18/h4-12,21H,3,13-17H2,1-2H3. The fourth-order valence-electron chi connectivity index (χ4n) is 4.00. The van der Waals surface area contributed by atoms with Crippen LogP contribution in [-0.4, -0.2) is 58.4 Å². The Morgan fingerprint density at radius 2 is 1.69 bits per heavy atom. The van der Waals surface area contributed by atoms with Gasteiger partial charge < -0.3 is 9.64 Å². The van der Waals surface area contributed by atoms with Crippen LogP contribution in [0.4, 0.5) is 5.69 Å². The van der Waals surface area contributed by atoms with E-state index in [-0.39, 0.29) is 6.04 Å². The average molecular weight is 393 g/mol. The topological polar surface area (TPSA) is 59.3 Å². The van der Waals surface area contributed by atoms with Crippen molar-refractivity contribution in [3.05, 3.63) is 66.0 Å². The van der Waals surface area contributed by atoms with Crippen molar-refractivity contribution in [3.63, 3.8) is 0 Å². The Balaban J connectivity index is 1.44. The van der Waals surface area contributed by atoms with Crippen LogP contribution in [0.3, 0.4) is 0 Å². The molecule has 1 aliphatic rings. The molecule has 7 heteroatoms. The van der Waals surface area contributed by atoms with Gasteiger partial charge in [0.15, 0.2) is 5.82 Å². The lowest BCUT2D eigenvalue weighted by Crippen LogP contribution is -2.48. The number of nitrogens with zero attached hydrogens (tertiary/aromatic N) is 6. The van der Waals surface area contributed by atoms with Crippen LogP contribution >= 0.6 is 0 Å². The number of hydrogen-bond acceptors (Lipinski definition) is 6. The van der Waals surface area contributed by atoms with Gasteiger partial charge in [0.05, 0.1) is 19.7 Å². The number of piperazine rings is 1. The monoisotopic (exact) mass is 392 g/mol. The average Bonchev–Trinajstić information content (AvgIpc) is 3.24. The third-order valence-corrected chi connectivity index (χ3v) is 5.61. The molecule has 0 radical (unpaired) electrons. The third kappa shape index (κ3) is 4.40. The van der Waals surface area contributed by atoms with Crippen LogP contribution in [0.15, 0.2) is 54.6 Å². The van der Waals surface area contributed by atoms with Gasteiger partial charge in [-0.2, -0.15) is 0 Å². The van der Waals surface area contributed by atoms with E-state index in [4.69, 9.17) is 4.74 Å². The first-order valence-corrected chi connectivity index (χ1v) is 10.2. The SMILES string of the molecule is CCC(c1nnnn1Cc1ccc(OC)cc1)N1CCN(c2ccccc2)CC1. The van der Waals surface area contributed by atoms with Gasteiger partial charge in [-0.05, 0) is 46.7 Å². The first kappa shape index (κ1) is 19.4. The maximum atomic E-state index is 5.25. The summed E-state index contributed by atoms with van der Waals surface area (Å²) in [6.45, 7) is 6.90. The predicted molar refractivity (Wildman–Crippen MR) is 113 cm³/mol. The van der Waals surface area contributed by atoms with Gasteiger partial charge in [0.25, 0.3) is 0 Å². The molecule has 0 amide bonds. The van der Waals surface area contributed by atoms with Crippen LogP contribution in [0, 0.1) is 0 Å². The van der Waals surface area contributed by atoms with Crippen LogP contribution in [0.1, 0.15) is 30.8 Å². The molecule has 152 valence electrons. The number of rotatable bonds is 7.